The molecule has 0 N–H and O–H groups in total. The van der Waals surface area contributed by atoms with Gasteiger partial charge in [-0.1, -0.05) is 6.07 Å². The lowest BCUT2D eigenvalue weighted by Gasteiger charge is -2.33. The molecule has 25 heavy (non-hydrogen) atoms. The van der Waals surface area contributed by atoms with Crippen LogP contribution in [0.2, 0.25) is 0 Å². The third-order valence-corrected chi connectivity index (χ3v) is 6.41. The van der Waals surface area contributed by atoms with Crippen molar-refractivity contribution in [3.8, 4) is 10.7 Å². The van der Waals surface area contributed by atoms with Crippen molar-refractivity contribution in [2.75, 3.05) is 24.7 Å². The standard InChI is InChI=1S/C16H22N4O2S3/c1-3-19-14(13-6-5-8-25-13)17-20(16(19)23)11-18-7-9-24-10-12(18)15(21)22-4-2/h5-6,8,12H,3-4,7,9-11H2,1-2H3/t12-/m0/s1. The fourth-order valence-electron chi connectivity index (χ4n) is 2.84. The van der Waals surface area contributed by atoms with Gasteiger partial charge in [-0.05, 0) is 37.5 Å². The van der Waals surface area contributed by atoms with Crippen molar-refractivity contribution in [2.45, 2.75) is 33.1 Å². The van der Waals surface area contributed by atoms with Crippen LogP contribution in [0.4, 0.5) is 0 Å². The SMILES string of the molecule is CCOC(=O)[C@@H]1CSCCN1Cn1nc(-c2cccs2)n(CC)c1=S. The molecule has 0 radical (unpaired) electrons. The molecule has 1 aliphatic rings. The molecule has 1 saturated heterocycles. The van der Waals surface area contributed by atoms with E-state index >= 15 is 0 Å². The van der Waals surface area contributed by atoms with Crippen LogP contribution in [0, 0.1) is 4.77 Å². The minimum atomic E-state index is -0.238. The summed E-state index contributed by atoms with van der Waals surface area (Å²) in [6.45, 7) is 6.41. The predicted molar refractivity (Wildman–Crippen MR) is 104 cm³/mol. The van der Waals surface area contributed by atoms with Crippen molar-refractivity contribution >= 4 is 41.3 Å². The summed E-state index contributed by atoms with van der Waals surface area (Å²) in [4.78, 5) is 15.5. The zero-order chi connectivity index (χ0) is 17.8. The van der Waals surface area contributed by atoms with Crippen LogP contribution in [0.25, 0.3) is 10.7 Å². The molecule has 6 nitrogen and oxygen atoms in total. The fourth-order valence-corrected chi connectivity index (χ4v) is 4.97. The van der Waals surface area contributed by atoms with Gasteiger partial charge in [0, 0.05) is 24.6 Å². The van der Waals surface area contributed by atoms with Crippen molar-refractivity contribution in [2.24, 2.45) is 0 Å². The molecule has 9 heteroatoms. The van der Waals surface area contributed by atoms with Gasteiger partial charge >= 0.3 is 5.97 Å². The monoisotopic (exact) mass is 398 g/mol. The fraction of sp³-hybridized carbons (Fsp3) is 0.562. The molecule has 1 fully saturated rings. The van der Waals surface area contributed by atoms with E-state index in [1.807, 2.05) is 27.6 Å². The lowest BCUT2D eigenvalue weighted by molar-refractivity contribution is -0.149. The maximum absolute atomic E-state index is 12.3. The Balaban J connectivity index is 1.86. The summed E-state index contributed by atoms with van der Waals surface area (Å²) in [5.74, 6) is 2.48. The summed E-state index contributed by atoms with van der Waals surface area (Å²) in [5.41, 5.74) is 0. The van der Waals surface area contributed by atoms with E-state index in [-0.39, 0.29) is 12.0 Å². The number of nitrogens with zero attached hydrogens (tertiary/aromatic N) is 4. The highest BCUT2D eigenvalue weighted by Gasteiger charge is 2.31. The summed E-state index contributed by atoms with van der Waals surface area (Å²) in [5, 5.41) is 6.78. The molecule has 2 aromatic rings. The topological polar surface area (TPSA) is 52.3 Å². The van der Waals surface area contributed by atoms with E-state index in [2.05, 4.69) is 17.9 Å². The largest absolute Gasteiger partial charge is 0.465 e. The second-order valence-electron chi connectivity index (χ2n) is 5.62. The minimum Gasteiger partial charge on any atom is -0.465 e. The maximum Gasteiger partial charge on any atom is 0.324 e. The van der Waals surface area contributed by atoms with Crippen molar-refractivity contribution in [1.29, 1.82) is 0 Å². The molecule has 3 heterocycles. The Morgan fingerprint density at radius 1 is 1.48 bits per heavy atom. The van der Waals surface area contributed by atoms with Gasteiger partial charge in [-0.25, -0.2) is 4.68 Å². The quantitative estimate of drug-likeness (QED) is 0.551. The van der Waals surface area contributed by atoms with Crippen LogP contribution in [0.5, 0.6) is 0 Å². The molecular formula is C16H22N4O2S3. The molecule has 1 atom stereocenters. The third-order valence-electron chi connectivity index (χ3n) is 4.09. The number of carbonyl (C=O) groups is 1. The molecule has 0 aliphatic carbocycles. The maximum atomic E-state index is 12.3. The molecule has 3 rings (SSSR count). The van der Waals surface area contributed by atoms with Gasteiger partial charge in [0.1, 0.15) is 6.04 Å². The number of ether oxygens (including phenoxy) is 1. The number of carbonyl (C=O) groups excluding carboxylic acids is 1. The van der Waals surface area contributed by atoms with Gasteiger partial charge in [-0.15, -0.1) is 16.4 Å². The average molecular weight is 399 g/mol. The van der Waals surface area contributed by atoms with Gasteiger partial charge in [-0.3, -0.25) is 14.3 Å². The van der Waals surface area contributed by atoms with Crippen LogP contribution < -0.4 is 0 Å². The van der Waals surface area contributed by atoms with Crippen molar-refractivity contribution in [3.05, 3.63) is 22.3 Å². The number of thioether (sulfide) groups is 1. The average Bonchev–Trinajstić information content (AvgIpc) is 3.24. The van der Waals surface area contributed by atoms with E-state index in [4.69, 9.17) is 22.1 Å². The zero-order valence-electron chi connectivity index (χ0n) is 14.4. The van der Waals surface area contributed by atoms with Gasteiger partial charge in [0.25, 0.3) is 0 Å². The number of hydrogen-bond acceptors (Lipinski definition) is 7. The Bertz CT molecular complexity index is 769. The van der Waals surface area contributed by atoms with Gasteiger partial charge in [-0.2, -0.15) is 11.8 Å². The first-order chi connectivity index (χ1) is 12.2. The molecule has 1 aliphatic heterocycles. The highest BCUT2D eigenvalue weighted by Crippen LogP contribution is 2.24. The Labute approximate surface area is 160 Å². The molecule has 0 bridgehead atoms. The highest BCUT2D eigenvalue weighted by atomic mass is 32.2. The van der Waals surface area contributed by atoms with Gasteiger partial charge < -0.3 is 4.74 Å². The summed E-state index contributed by atoms with van der Waals surface area (Å²) in [6.07, 6.45) is 0. The molecule has 0 spiro atoms. The normalized spacial score (nSPS) is 18.4. The number of rotatable bonds is 6. The lowest BCUT2D eigenvalue weighted by Crippen LogP contribution is -2.48. The van der Waals surface area contributed by atoms with Gasteiger partial charge in [0.2, 0.25) is 0 Å². The predicted octanol–water partition coefficient (Wildman–Crippen LogP) is 3.10. The Hall–Kier alpha value is -1.16. The van der Waals surface area contributed by atoms with Crippen molar-refractivity contribution < 1.29 is 9.53 Å². The first-order valence-electron chi connectivity index (χ1n) is 8.35. The molecule has 0 unspecified atom stereocenters. The summed E-state index contributed by atoms with van der Waals surface area (Å²) in [6, 6.07) is 3.83. The number of hydrogen-bond donors (Lipinski definition) is 0. The first-order valence-corrected chi connectivity index (χ1v) is 10.8. The Morgan fingerprint density at radius 2 is 2.32 bits per heavy atom. The van der Waals surface area contributed by atoms with E-state index < -0.39 is 0 Å². The molecule has 136 valence electrons. The summed E-state index contributed by atoms with van der Waals surface area (Å²) < 4.78 is 9.79. The molecule has 2 aromatic heterocycles. The van der Waals surface area contributed by atoms with Crippen LogP contribution in [-0.4, -0.2) is 55.9 Å². The zero-order valence-corrected chi connectivity index (χ0v) is 16.8. The van der Waals surface area contributed by atoms with Crippen LogP contribution in [-0.2, 0) is 22.7 Å². The minimum absolute atomic E-state index is 0.158. The van der Waals surface area contributed by atoms with Crippen LogP contribution >= 0.6 is 35.3 Å². The van der Waals surface area contributed by atoms with Gasteiger partial charge in [0.15, 0.2) is 10.6 Å². The van der Waals surface area contributed by atoms with E-state index in [1.54, 1.807) is 23.1 Å². The van der Waals surface area contributed by atoms with E-state index in [9.17, 15) is 4.79 Å². The summed E-state index contributed by atoms with van der Waals surface area (Å²) in [7, 11) is 0. The second-order valence-corrected chi connectivity index (χ2v) is 8.09. The lowest BCUT2D eigenvalue weighted by atomic mass is 10.3. The van der Waals surface area contributed by atoms with Crippen LogP contribution in [0.15, 0.2) is 17.5 Å². The molecular weight excluding hydrogens is 376 g/mol. The summed E-state index contributed by atoms with van der Waals surface area (Å²) >= 11 is 9.07. The van der Waals surface area contributed by atoms with Crippen LogP contribution in [0.3, 0.4) is 0 Å². The number of thiophene rings is 1. The van der Waals surface area contributed by atoms with E-state index in [0.29, 0.717) is 18.0 Å². The third kappa shape index (κ3) is 3.99. The molecule has 0 amide bonds. The first kappa shape index (κ1) is 18.6. The van der Waals surface area contributed by atoms with Crippen molar-refractivity contribution in [3.63, 3.8) is 0 Å². The molecule has 0 aromatic carbocycles. The second kappa shape index (κ2) is 8.48. The number of esters is 1. The highest BCUT2D eigenvalue weighted by molar-refractivity contribution is 7.99. The smallest absolute Gasteiger partial charge is 0.324 e. The van der Waals surface area contributed by atoms with Crippen molar-refractivity contribution in [1.82, 2.24) is 19.2 Å². The Kier molecular flexibility index (Phi) is 6.32. The molecule has 0 saturated carbocycles. The van der Waals surface area contributed by atoms with Gasteiger partial charge in [0.05, 0.1) is 18.2 Å². The van der Waals surface area contributed by atoms with E-state index in [0.717, 1.165) is 35.3 Å². The Morgan fingerprint density at radius 3 is 3.00 bits per heavy atom. The van der Waals surface area contributed by atoms with Crippen LogP contribution in [0.1, 0.15) is 13.8 Å². The van der Waals surface area contributed by atoms with E-state index in [1.165, 1.54) is 0 Å². The number of aromatic nitrogens is 3.